The summed E-state index contributed by atoms with van der Waals surface area (Å²) in [5.74, 6) is -0.455. The van der Waals surface area contributed by atoms with Gasteiger partial charge in [0.1, 0.15) is 5.52 Å². The minimum Gasteiger partial charge on any atom is -0.462 e. The van der Waals surface area contributed by atoms with Gasteiger partial charge in [-0.15, -0.1) is 0 Å². The quantitative estimate of drug-likeness (QED) is 0.390. The molecule has 0 amide bonds. The lowest BCUT2D eigenvalue weighted by Crippen LogP contribution is -2.08. The van der Waals surface area contributed by atoms with Crippen molar-refractivity contribution in [2.24, 2.45) is 0 Å². The van der Waals surface area contributed by atoms with Crippen LogP contribution in [0.4, 0.5) is 5.69 Å². The molecule has 0 saturated carbocycles. The maximum absolute atomic E-state index is 12.3. The fourth-order valence-corrected chi connectivity index (χ4v) is 3.15. The first kappa shape index (κ1) is 16.0. The first-order valence-electron chi connectivity index (χ1n) is 8.28. The van der Waals surface area contributed by atoms with E-state index in [9.17, 15) is 9.59 Å². The molecule has 0 aliphatic rings. The van der Waals surface area contributed by atoms with Crippen molar-refractivity contribution >= 4 is 33.5 Å². The number of hydrogen-bond donors (Lipinski definition) is 3. The Balaban J connectivity index is 2.01. The molecule has 0 spiro atoms. The Morgan fingerprint density at radius 2 is 1.85 bits per heavy atom. The standard InChI is InChI=1S/C20H17N3O3/c1-2-26-20(25)15-10-22-18-17(15)14-9-12(5-8-16(14)23-19(18)24)11-3-6-13(21)7-4-11/h3-10,22H,2,21H2,1H3,(H,23,24). The molecule has 0 fully saturated rings. The highest BCUT2D eigenvalue weighted by Crippen LogP contribution is 2.30. The number of nitrogens with two attached hydrogens (primary N) is 1. The molecule has 4 N–H and O–H groups in total. The number of H-pyrrole nitrogens is 2. The average molecular weight is 347 g/mol. The highest BCUT2D eigenvalue weighted by Gasteiger charge is 2.18. The van der Waals surface area contributed by atoms with E-state index in [1.54, 1.807) is 6.92 Å². The third kappa shape index (κ3) is 2.52. The van der Waals surface area contributed by atoms with Gasteiger partial charge in [-0.2, -0.15) is 0 Å². The summed E-state index contributed by atoms with van der Waals surface area (Å²) in [6.07, 6.45) is 1.52. The molecule has 4 aromatic rings. The minimum atomic E-state index is -0.455. The van der Waals surface area contributed by atoms with E-state index in [-0.39, 0.29) is 12.2 Å². The van der Waals surface area contributed by atoms with Gasteiger partial charge in [0.2, 0.25) is 0 Å². The van der Waals surface area contributed by atoms with Gasteiger partial charge in [-0.1, -0.05) is 18.2 Å². The zero-order valence-electron chi connectivity index (χ0n) is 14.1. The molecule has 2 aromatic carbocycles. The van der Waals surface area contributed by atoms with E-state index < -0.39 is 5.97 Å². The third-order valence-corrected chi connectivity index (χ3v) is 4.38. The van der Waals surface area contributed by atoms with Crippen molar-refractivity contribution in [3.05, 3.63) is 64.6 Å². The summed E-state index contributed by atoms with van der Waals surface area (Å²) in [6.45, 7) is 2.01. The fraction of sp³-hybridized carbons (Fsp3) is 0.100. The molecule has 0 radical (unpaired) electrons. The maximum atomic E-state index is 12.3. The number of carbonyl (C=O) groups excluding carboxylic acids is 1. The number of aromatic amines is 2. The van der Waals surface area contributed by atoms with E-state index in [4.69, 9.17) is 10.5 Å². The van der Waals surface area contributed by atoms with Gasteiger partial charge in [-0.05, 0) is 42.3 Å². The summed E-state index contributed by atoms with van der Waals surface area (Å²) in [4.78, 5) is 30.4. The largest absolute Gasteiger partial charge is 0.462 e. The van der Waals surface area contributed by atoms with Gasteiger partial charge >= 0.3 is 5.97 Å². The predicted molar refractivity (Wildman–Crippen MR) is 102 cm³/mol. The lowest BCUT2D eigenvalue weighted by Gasteiger charge is -2.07. The molecule has 4 rings (SSSR count). The molecule has 6 nitrogen and oxygen atoms in total. The van der Waals surface area contributed by atoms with Crippen molar-refractivity contribution in [3.63, 3.8) is 0 Å². The molecule has 2 heterocycles. The first-order valence-corrected chi connectivity index (χ1v) is 8.28. The van der Waals surface area contributed by atoms with Gasteiger partial charge in [0.25, 0.3) is 5.56 Å². The second kappa shape index (κ2) is 6.07. The average Bonchev–Trinajstić information content (AvgIpc) is 3.09. The van der Waals surface area contributed by atoms with Gasteiger partial charge in [0.05, 0.1) is 12.2 Å². The summed E-state index contributed by atoms with van der Waals surface area (Å²) in [5.41, 5.74) is 9.50. The summed E-state index contributed by atoms with van der Waals surface area (Å²) in [6, 6.07) is 13.3. The fourth-order valence-electron chi connectivity index (χ4n) is 3.15. The van der Waals surface area contributed by atoms with E-state index in [1.165, 1.54) is 6.20 Å². The number of fused-ring (bicyclic) bond motifs is 3. The molecule has 0 unspecified atom stereocenters. The summed E-state index contributed by atoms with van der Waals surface area (Å²) < 4.78 is 5.13. The first-order chi connectivity index (χ1) is 12.6. The Morgan fingerprint density at radius 1 is 1.12 bits per heavy atom. The van der Waals surface area contributed by atoms with Crippen molar-refractivity contribution in [2.75, 3.05) is 12.3 Å². The molecule has 0 bridgehead atoms. The molecule has 0 aliphatic carbocycles. The lowest BCUT2D eigenvalue weighted by molar-refractivity contribution is 0.0529. The summed E-state index contributed by atoms with van der Waals surface area (Å²) in [7, 11) is 0. The Bertz CT molecular complexity index is 1190. The van der Waals surface area contributed by atoms with Crippen LogP contribution >= 0.6 is 0 Å². The topological polar surface area (TPSA) is 101 Å². The third-order valence-electron chi connectivity index (χ3n) is 4.38. The number of nitrogen functional groups attached to an aromatic ring is 1. The number of anilines is 1. The van der Waals surface area contributed by atoms with Gasteiger partial charge in [0.15, 0.2) is 0 Å². The van der Waals surface area contributed by atoms with Crippen molar-refractivity contribution < 1.29 is 9.53 Å². The minimum absolute atomic E-state index is 0.267. The molecule has 26 heavy (non-hydrogen) atoms. The van der Waals surface area contributed by atoms with E-state index in [2.05, 4.69) is 9.97 Å². The van der Waals surface area contributed by atoms with Crippen LogP contribution in [0.3, 0.4) is 0 Å². The van der Waals surface area contributed by atoms with E-state index in [0.717, 1.165) is 16.5 Å². The molecule has 0 aliphatic heterocycles. The van der Waals surface area contributed by atoms with Crippen molar-refractivity contribution in [1.29, 1.82) is 0 Å². The smallest absolute Gasteiger partial charge is 0.340 e. The van der Waals surface area contributed by atoms with Crippen molar-refractivity contribution in [2.45, 2.75) is 6.92 Å². The van der Waals surface area contributed by atoms with Crippen LogP contribution in [0.25, 0.3) is 32.9 Å². The number of rotatable bonds is 3. The number of benzene rings is 2. The number of pyridine rings is 1. The van der Waals surface area contributed by atoms with Crippen LogP contribution in [0.5, 0.6) is 0 Å². The SMILES string of the molecule is CCOC(=O)c1c[nH]c2c(=O)[nH]c3ccc(-c4ccc(N)cc4)cc3c12. The number of esters is 1. The number of aromatic nitrogens is 2. The normalized spacial score (nSPS) is 11.1. The maximum Gasteiger partial charge on any atom is 0.340 e. The van der Waals surface area contributed by atoms with E-state index >= 15 is 0 Å². The molecular weight excluding hydrogens is 330 g/mol. The van der Waals surface area contributed by atoms with Crippen LogP contribution in [-0.2, 0) is 4.74 Å². The predicted octanol–water partition coefficient (Wildman–Crippen LogP) is 3.44. The van der Waals surface area contributed by atoms with E-state index in [0.29, 0.717) is 27.7 Å². The second-order valence-electron chi connectivity index (χ2n) is 6.01. The number of carbonyl (C=O) groups is 1. The molecule has 0 saturated heterocycles. The Kier molecular flexibility index (Phi) is 3.73. The number of nitrogens with one attached hydrogen (secondary N) is 2. The number of ether oxygens (including phenoxy) is 1. The van der Waals surface area contributed by atoms with Crippen LogP contribution in [0.1, 0.15) is 17.3 Å². The summed E-state index contributed by atoms with van der Waals surface area (Å²) >= 11 is 0. The Hall–Kier alpha value is -3.54. The highest BCUT2D eigenvalue weighted by molar-refractivity contribution is 6.15. The summed E-state index contributed by atoms with van der Waals surface area (Å²) in [5, 5.41) is 1.35. The van der Waals surface area contributed by atoms with Gasteiger partial charge < -0.3 is 20.4 Å². The van der Waals surface area contributed by atoms with E-state index in [1.807, 2.05) is 42.5 Å². The number of hydrogen-bond acceptors (Lipinski definition) is 4. The molecular formula is C20H17N3O3. The Labute approximate surface area is 148 Å². The zero-order chi connectivity index (χ0) is 18.3. The molecule has 0 atom stereocenters. The highest BCUT2D eigenvalue weighted by atomic mass is 16.5. The lowest BCUT2D eigenvalue weighted by atomic mass is 10.0. The van der Waals surface area contributed by atoms with Crippen molar-refractivity contribution in [1.82, 2.24) is 9.97 Å². The van der Waals surface area contributed by atoms with Crippen LogP contribution in [0.15, 0.2) is 53.5 Å². The molecule has 6 heteroatoms. The Morgan fingerprint density at radius 3 is 2.58 bits per heavy atom. The van der Waals surface area contributed by atoms with Crippen LogP contribution < -0.4 is 11.3 Å². The van der Waals surface area contributed by atoms with Gasteiger partial charge in [-0.3, -0.25) is 4.79 Å². The van der Waals surface area contributed by atoms with Crippen LogP contribution in [-0.4, -0.2) is 22.5 Å². The second-order valence-corrected chi connectivity index (χ2v) is 6.01. The molecule has 130 valence electrons. The zero-order valence-corrected chi connectivity index (χ0v) is 14.1. The van der Waals surface area contributed by atoms with Crippen LogP contribution in [0.2, 0.25) is 0 Å². The monoisotopic (exact) mass is 347 g/mol. The van der Waals surface area contributed by atoms with Gasteiger partial charge in [-0.25, -0.2) is 4.79 Å². The van der Waals surface area contributed by atoms with Crippen molar-refractivity contribution in [3.8, 4) is 11.1 Å². The molecule has 2 aromatic heterocycles. The van der Waals surface area contributed by atoms with Crippen LogP contribution in [0, 0.1) is 0 Å². The van der Waals surface area contributed by atoms with Gasteiger partial charge in [0, 0.05) is 28.2 Å².